The highest BCUT2D eigenvalue weighted by Gasteiger charge is 2.41. The van der Waals surface area contributed by atoms with Gasteiger partial charge in [-0.1, -0.05) is 45.7 Å². The van der Waals surface area contributed by atoms with Gasteiger partial charge in [0.25, 0.3) is 5.91 Å². The number of nitrogens with one attached hydrogen (secondary N) is 1. The summed E-state index contributed by atoms with van der Waals surface area (Å²) in [7, 11) is 0. The van der Waals surface area contributed by atoms with E-state index >= 15 is 0 Å². The first-order chi connectivity index (χ1) is 17.4. The molecule has 1 aromatic heterocycles. The molecule has 3 N–H and O–H groups in total. The summed E-state index contributed by atoms with van der Waals surface area (Å²) in [6, 6.07) is 7.71. The SMILES string of the molecule is CC(C)C(Sc1cc(C(=O)Nc2ccc(F)c(F)c2)ccc1Cl)C(C)(O)C(O)Cn1ccnc1.CCC. The molecule has 2 aromatic carbocycles. The monoisotopic (exact) mass is 553 g/mol. The summed E-state index contributed by atoms with van der Waals surface area (Å²) in [4.78, 5) is 17.2. The number of carbonyl (C=O) groups excluding carboxylic acids is 1. The highest BCUT2D eigenvalue weighted by Crippen LogP contribution is 2.40. The quantitative estimate of drug-likeness (QED) is 0.266. The summed E-state index contributed by atoms with van der Waals surface area (Å²) >= 11 is 7.65. The Kier molecular flexibility index (Phi) is 11.6. The molecule has 37 heavy (non-hydrogen) atoms. The third-order valence-corrected chi connectivity index (χ3v) is 7.73. The van der Waals surface area contributed by atoms with Crippen LogP contribution in [0.15, 0.2) is 60.0 Å². The van der Waals surface area contributed by atoms with Crippen LogP contribution in [0, 0.1) is 17.6 Å². The van der Waals surface area contributed by atoms with Crippen LogP contribution in [0.5, 0.6) is 0 Å². The fourth-order valence-corrected chi connectivity index (χ4v) is 5.12. The minimum absolute atomic E-state index is 0.0619. The Morgan fingerprint density at radius 1 is 1.19 bits per heavy atom. The lowest BCUT2D eigenvalue weighted by Crippen LogP contribution is -2.51. The van der Waals surface area contributed by atoms with Crippen LogP contribution in [0.4, 0.5) is 14.5 Å². The van der Waals surface area contributed by atoms with Gasteiger partial charge in [-0.3, -0.25) is 4.79 Å². The van der Waals surface area contributed by atoms with Gasteiger partial charge in [-0.05, 0) is 43.2 Å². The molecule has 0 fully saturated rings. The normalized spacial score (nSPS) is 14.4. The Morgan fingerprint density at radius 3 is 2.43 bits per heavy atom. The third kappa shape index (κ3) is 8.53. The van der Waals surface area contributed by atoms with Gasteiger partial charge in [0.2, 0.25) is 0 Å². The second-order valence-corrected chi connectivity index (χ2v) is 10.8. The van der Waals surface area contributed by atoms with Crippen molar-refractivity contribution in [2.75, 3.05) is 5.32 Å². The Bertz CT molecular complexity index is 1160. The smallest absolute Gasteiger partial charge is 0.255 e. The third-order valence-electron chi connectivity index (χ3n) is 5.42. The number of hydrogen-bond donors (Lipinski definition) is 3. The second kappa shape index (κ2) is 13.9. The van der Waals surface area contributed by atoms with Gasteiger partial charge in [-0.15, -0.1) is 11.8 Å². The number of aliphatic hydroxyl groups excluding tert-OH is 1. The maximum absolute atomic E-state index is 13.5. The summed E-state index contributed by atoms with van der Waals surface area (Å²) < 4.78 is 28.3. The Balaban J connectivity index is 0.00000153. The van der Waals surface area contributed by atoms with Crippen molar-refractivity contribution in [3.05, 3.63) is 77.3 Å². The van der Waals surface area contributed by atoms with E-state index in [4.69, 9.17) is 11.6 Å². The van der Waals surface area contributed by atoms with Crippen LogP contribution in [0.2, 0.25) is 5.02 Å². The van der Waals surface area contributed by atoms with Crippen LogP contribution < -0.4 is 5.32 Å². The number of thioether (sulfide) groups is 1. The Hall–Kier alpha value is -2.46. The van der Waals surface area contributed by atoms with E-state index in [0.29, 0.717) is 9.92 Å². The van der Waals surface area contributed by atoms with Crippen LogP contribution in [-0.2, 0) is 6.54 Å². The molecule has 0 spiro atoms. The minimum atomic E-state index is -1.50. The van der Waals surface area contributed by atoms with Gasteiger partial charge in [0.05, 0.1) is 17.9 Å². The van der Waals surface area contributed by atoms with Crippen LogP contribution in [0.1, 0.15) is 51.4 Å². The molecule has 1 heterocycles. The van der Waals surface area contributed by atoms with Crippen LogP contribution in [0.25, 0.3) is 0 Å². The second-order valence-electron chi connectivity index (χ2n) is 9.22. The highest BCUT2D eigenvalue weighted by molar-refractivity contribution is 8.00. The fraction of sp³-hybridized carbons (Fsp3) is 0.407. The van der Waals surface area contributed by atoms with Gasteiger partial charge in [0, 0.05) is 39.9 Å². The zero-order valence-electron chi connectivity index (χ0n) is 21.6. The molecule has 3 aromatic rings. The molecule has 3 unspecified atom stereocenters. The lowest BCUT2D eigenvalue weighted by atomic mass is 9.88. The van der Waals surface area contributed by atoms with Gasteiger partial charge in [0.1, 0.15) is 11.7 Å². The average Bonchev–Trinajstić information content (AvgIpc) is 3.34. The van der Waals surface area contributed by atoms with Crippen LogP contribution in [0.3, 0.4) is 0 Å². The first kappa shape index (κ1) is 30.8. The van der Waals surface area contributed by atoms with E-state index in [9.17, 15) is 23.8 Å². The van der Waals surface area contributed by atoms with E-state index in [-0.39, 0.29) is 23.7 Å². The molecule has 0 aliphatic carbocycles. The largest absolute Gasteiger partial charge is 0.388 e. The van der Waals surface area contributed by atoms with Gasteiger partial charge < -0.3 is 20.1 Å². The molecule has 0 saturated carbocycles. The molecule has 10 heteroatoms. The molecule has 0 bridgehead atoms. The number of benzene rings is 2. The van der Waals surface area contributed by atoms with Crippen molar-refractivity contribution in [1.82, 2.24) is 9.55 Å². The zero-order chi connectivity index (χ0) is 27.8. The maximum atomic E-state index is 13.5. The average molecular weight is 554 g/mol. The first-order valence-corrected chi connectivity index (χ1v) is 13.2. The lowest BCUT2D eigenvalue weighted by molar-refractivity contribution is -0.0754. The maximum Gasteiger partial charge on any atom is 0.255 e. The summed E-state index contributed by atoms with van der Waals surface area (Å²) in [5, 5.41) is 24.5. The van der Waals surface area contributed by atoms with Gasteiger partial charge in [-0.2, -0.15) is 0 Å². The molecule has 0 saturated heterocycles. The zero-order valence-corrected chi connectivity index (χ0v) is 23.2. The molecular formula is C27H34ClF2N3O3S. The van der Waals surface area contributed by atoms with Crippen molar-refractivity contribution in [1.29, 1.82) is 0 Å². The summed E-state index contributed by atoms with van der Waals surface area (Å²) in [6.45, 7) is 9.81. The topological polar surface area (TPSA) is 87.4 Å². The number of imidazole rings is 1. The van der Waals surface area contributed by atoms with Crippen LogP contribution in [-0.4, -0.2) is 42.6 Å². The number of aromatic nitrogens is 2. The minimum Gasteiger partial charge on any atom is -0.388 e. The van der Waals surface area contributed by atoms with Crippen molar-refractivity contribution in [2.24, 2.45) is 5.92 Å². The standard InChI is InChI=1S/C24H26ClF2N3O3S.C3H8/c1-14(2)22(24(3,33)21(31)12-30-9-8-28-13-30)34-20-10-15(4-6-17(20)25)23(32)29-16-5-7-18(26)19(27)11-16;1-3-2/h4-11,13-14,21-22,31,33H,12H2,1-3H3,(H,29,32);3H2,1-2H3. The predicted octanol–water partition coefficient (Wildman–Crippen LogP) is 6.41. The summed E-state index contributed by atoms with van der Waals surface area (Å²) in [6.07, 6.45) is 5.00. The van der Waals surface area contributed by atoms with Crippen molar-refractivity contribution in [2.45, 2.75) is 69.4 Å². The van der Waals surface area contributed by atoms with E-state index in [1.54, 1.807) is 42.3 Å². The Labute approximate surface area is 226 Å². The number of aliphatic hydroxyl groups is 2. The van der Waals surface area contributed by atoms with Crippen molar-refractivity contribution < 1.29 is 23.8 Å². The van der Waals surface area contributed by atoms with Crippen molar-refractivity contribution >= 4 is 35.0 Å². The summed E-state index contributed by atoms with van der Waals surface area (Å²) in [5.41, 5.74) is -1.15. The predicted molar refractivity (Wildman–Crippen MR) is 145 cm³/mol. The van der Waals surface area contributed by atoms with E-state index in [1.807, 2.05) is 13.8 Å². The van der Waals surface area contributed by atoms with Gasteiger partial charge in [-0.25, -0.2) is 13.8 Å². The lowest BCUT2D eigenvalue weighted by Gasteiger charge is -2.39. The number of rotatable bonds is 9. The van der Waals surface area contributed by atoms with Crippen molar-refractivity contribution in [3.63, 3.8) is 0 Å². The van der Waals surface area contributed by atoms with Gasteiger partial charge in [0.15, 0.2) is 11.6 Å². The fourth-order valence-electron chi connectivity index (χ4n) is 3.55. The molecule has 0 aliphatic heterocycles. The molecule has 6 nitrogen and oxygen atoms in total. The number of hydrogen-bond acceptors (Lipinski definition) is 5. The number of nitrogens with zero attached hydrogens (tertiary/aromatic N) is 2. The number of anilines is 1. The van der Waals surface area contributed by atoms with Crippen molar-refractivity contribution in [3.8, 4) is 0 Å². The summed E-state index contributed by atoms with van der Waals surface area (Å²) in [5.74, 6) is -2.67. The molecule has 3 rings (SSSR count). The van der Waals surface area contributed by atoms with E-state index in [0.717, 1.165) is 12.1 Å². The number of halogens is 3. The van der Waals surface area contributed by atoms with E-state index in [2.05, 4.69) is 24.1 Å². The number of amides is 1. The van der Waals surface area contributed by atoms with Crippen LogP contribution >= 0.6 is 23.4 Å². The van der Waals surface area contributed by atoms with E-state index < -0.39 is 34.5 Å². The molecule has 0 radical (unpaired) electrons. The molecule has 3 atom stereocenters. The first-order valence-electron chi connectivity index (χ1n) is 12.0. The molecule has 0 aliphatic rings. The number of carbonyl (C=O) groups is 1. The van der Waals surface area contributed by atoms with Gasteiger partial charge >= 0.3 is 0 Å². The highest BCUT2D eigenvalue weighted by atomic mass is 35.5. The molecule has 1 amide bonds. The van der Waals surface area contributed by atoms with E-state index in [1.165, 1.54) is 30.3 Å². The Morgan fingerprint density at radius 2 is 1.86 bits per heavy atom. The molecular weight excluding hydrogens is 520 g/mol. The molecule has 202 valence electrons.